The van der Waals surface area contributed by atoms with Crippen molar-refractivity contribution in [2.75, 3.05) is 7.11 Å². The lowest BCUT2D eigenvalue weighted by atomic mass is 9.93. The molecule has 0 unspecified atom stereocenters. The summed E-state index contributed by atoms with van der Waals surface area (Å²) < 4.78 is 26.1. The Balaban J connectivity index is 1.85. The number of nitrogens with zero attached hydrogens (tertiary/aromatic N) is 3. The molecule has 0 aliphatic heterocycles. The fraction of sp³-hybridized carbons (Fsp3) is 0.273. The highest BCUT2D eigenvalue weighted by atomic mass is 32.1. The van der Waals surface area contributed by atoms with Gasteiger partial charge in [0.2, 0.25) is 4.77 Å². The summed E-state index contributed by atoms with van der Waals surface area (Å²) in [5.41, 5.74) is 0.576. The molecule has 0 fully saturated rings. The number of halogens is 1. The molecule has 0 saturated carbocycles. The first-order valence-corrected chi connectivity index (χ1v) is 9.92. The molecule has 31 heavy (non-hydrogen) atoms. The fourth-order valence-electron chi connectivity index (χ4n) is 2.76. The van der Waals surface area contributed by atoms with E-state index in [9.17, 15) is 9.18 Å². The van der Waals surface area contributed by atoms with Gasteiger partial charge in [-0.2, -0.15) is 14.9 Å². The monoisotopic (exact) mass is 442 g/mol. The molecule has 0 amide bonds. The normalized spacial score (nSPS) is 11.6. The largest absolute Gasteiger partial charge is 0.493 e. The van der Waals surface area contributed by atoms with Crippen LogP contribution in [0.3, 0.4) is 0 Å². The van der Waals surface area contributed by atoms with Gasteiger partial charge < -0.3 is 9.47 Å². The summed E-state index contributed by atoms with van der Waals surface area (Å²) in [6.45, 7) is 5.71. The topological polar surface area (TPSA) is 81.5 Å². The zero-order valence-electron chi connectivity index (χ0n) is 17.7. The molecule has 1 aromatic heterocycles. The number of ether oxygens (including phenoxy) is 2. The molecule has 3 rings (SSSR count). The van der Waals surface area contributed by atoms with Crippen LogP contribution in [0.5, 0.6) is 11.5 Å². The second-order valence-electron chi connectivity index (χ2n) is 7.78. The fourth-order valence-corrected chi connectivity index (χ4v) is 2.94. The van der Waals surface area contributed by atoms with Gasteiger partial charge in [0.05, 0.1) is 13.3 Å². The maximum absolute atomic E-state index is 13.8. The molecule has 2 aromatic carbocycles. The Kier molecular flexibility index (Phi) is 6.65. The molecular formula is C22H23FN4O3S. The number of aromatic amines is 1. The second-order valence-corrected chi connectivity index (χ2v) is 8.17. The first kappa shape index (κ1) is 22.4. The van der Waals surface area contributed by atoms with Crippen LogP contribution in [0.1, 0.15) is 37.6 Å². The van der Waals surface area contributed by atoms with Gasteiger partial charge in [-0.25, -0.2) is 4.39 Å². The van der Waals surface area contributed by atoms with Crippen molar-refractivity contribution in [3.8, 4) is 11.5 Å². The maximum atomic E-state index is 13.8. The van der Waals surface area contributed by atoms with Gasteiger partial charge in [0.25, 0.3) is 5.56 Å². The van der Waals surface area contributed by atoms with E-state index in [1.165, 1.54) is 19.4 Å². The SMILES string of the molecule is COc1cc(/C=N\n2c(=S)[nH]nc(C(C)(C)C)c2=O)ccc1OCc1ccccc1F. The highest BCUT2D eigenvalue weighted by molar-refractivity contribution is 7.71. The van der Waals surface area contributed by atoms with E-state index in [1.807, 2.05) is 20.8 Å². The average molecular weight is 443 g/mol. The van der Waals surface area contributed by atoms with E-state index in [0.717, 1.165) is 4.68 Å². The van der Waals surface area contributed by atoms with Crippen LogP contribution >= 0.6 is 12.2 Å². The van der Waals surface area contributed by atoms with Crippen molar-refractivity contribution in [2.24, 2.45) is 5.10 Å². The van der Waals surface area contributed by atoms with Crippen LogP contribution in [0, 0.1) is 10.6 Å². The Hall–Kier alpha value is -3.33. The predicted octanol–water partition coefficient (Wildman–Crippen LogP) is 4.21. The average Bonchev–Trinajstić information content (AvgIpc) is 2.72. The van der Waals surface area contributed by atoms with E-state index in [2.05, 4.69) is 15.3 Å². The zero-order valence-corrected chi connectivity index (χ0v) is 18.5. The lowest BCUT2D eigenvalue weighted by Gasteiger charge is -2.16. The Labute approximate surface area is 184 Å². The van der Waals surface area contributed by atoms with Gasteiger partial charge >= 0.3 is 0 Å². The summed E-state index contributed by atoms with van der Waals surface area (Å²) in [4.78, 5) is 12.7. The number of nitrogens with one attached hydrogen (secondary N) is 1. The van der Waals surface area contributed by atoms with Crippen LogP contribution in [0.15, 0.2) is 52.4 Å². The Morgan fingerprint density at radius 2 is 1.97 bits per heavy atom. The van der Waals surface area contributed by atoms with Crippen molar-refractivity contribution in [2.45, 2.75) is 32.8 Å². The third-order valence-electron chi connectivity index (χ3n) is 4.41. The summed E-state index contributed by atoms with van der Waals surface area (Å²) in [6, 6.07) is 11.5. The van der Waals surface area contributed by atoms with Crippen molar-refractivity contribution in [1.29, 1.82) is 0 Å². The van der Waals surface area contributed by atoms with E-state index in [-0.39, 0.29) is 22.8 Å². The molecule has 0 saturated heterocycles. The van der Waals surface area contributed by atoms with E-state index >= 15 is 0 Å². The Morgan fingerprint density at radius 1 is 1.23 bits per heavy atom. The van der Waals surface area contributed by atoms with Gasteiger partial charge in [-0.3, -0.25) is 9.89 Å². The van der Waals surface area contributed by atoms with Gasteiger partial charge in [-0.1, -0.05) is 39.0 Å². The highest BCUT2D eigenvalue weighted by Gasteiger charge is 2.21. The molecule has 0 aliphatic carbocycles. The maximum Gasteiger partial charge on any atom is 0.297 e. The summed E-state index contributed by atoms with van der Waals surface area (Å²) in [7, 11) is 1.51. The van der Waals surface area contributed by atoms with Gasteiger partial charge in [0.15, 0.2) is 11.5 Å². The number of benzene rings is 2. The van der Waals surface area contributed by atoms with Crippen LogP contribution < -0.4 is 15.0 Å². The first-order chi connectivity index (χ1) is 14.7. The minimum Gasteiger partial charge on any atom is -0.493 e. The smallest absolute Gasteiger partial charge is 0.297 e. The third kappa shape index (κ3) is 5.24. The number of hydrogen-bond donors (Lipinski definition) is 1. The van der Waals surface area contributed by atoms with E-state index in [4.69, 9.17) is 21.7 Å². The van der Waals surface area contributed by atoms with Gasteiger partial charge in [-0.05, 0) is 42.0 Å². The number of aromatic nitrogens is 3. The van der Waals surface area contributed by atoms with E-state index in [0.29, 0.717) is 28.3 Å². The van der Waals surface area contributed by atoms with Gasteiger partial charge in [-0.15, -0.1) is 0 Å². The number of methoxy groups -OCH3 is 1. The zero-order chi connectivity index (χ0) is 22.6. The number of hydrogen-bond acceptors (Lipinski definition) is 6. The summed E-state index contributed by atoms with van der Waals surface area (Å²) in [5.74, 6) is 0.568. The standard InChI is InChI=1S/C22H23FN4O3S/c1-22(2,3)19-20(28)27(21(31)26-25-19)24-12-14-9-10-17(18(11-14)29-4)30-13-15-7-5-6-8-16(15)23/h5-12H,13H2,1-4H3,(H,26,31)/b24-12-. The second kappa shape index (κ2) is 9.22. The lowest BCUT2D eigenvalue weighted by molar-refractivity contribution is 0.279. The van der Waals surface area contributed by atoms with Crippen molar-refractivity contribution in [1.82, 2.24) is 14.9 Å². The van der Waals surface area contributed by atoms with Crippen molar-refractivity contribution in [3.63, 3.8) is 0 Å². The van der Waals surface area contributed by atoms with Gasteiger partial charge in [0, 0.05) is 11.0 Å². The van der Waals surface area contributed by atoms with E-state index in [1.54, 1.807) is 36.4 Å². The van der Waals surface area contributed by atoms with Gasteiger partial charge in [0.1, 0.15) is 18.1 Å². The van der Waals surface area contributed by atoms with Crippen molar-refractivity contribution >= 4 is 18.4 Å². The molecule has 0 atom stereocenters. The summed E-state index contributed by atoms with van der Waals surface area (Å²) >= 11 is 5.15. The number of H-pyrrole nitrogens is 1. The van der Waals surface area contributed by atoms with Crippen LogP contribution in [-0.2, 0) is 12.0 Å². The quantitative estimate of drug-likeness (QED) is 0.457. The minimum absolute atomic E-state index is 0.0631. The molecule has 0 spiro atoms. The minimum atomic E-state index is -0.464. The molecule has 0 radical (unpaired) electrons. The number of rotatable bonds is 6. The molecule has 0 aliphatic rings. The molecule has 1 N–H and O–H groups in total. The predicted molar refractivity (Wildman–Crippen MR) is 119 cm³/mol. The van der Waals surface area contributed by atoms with Crippen LogP contribution in [0.25, 0.3) is 0 Å². The molecular weight excluding hydrogens is 419 g/mol. The third-order valence-corrected chi connectivity index (χ3v) is 4.68. The first-order valence-electron chi connectivity index (χ1n) is 9.51. The molecule has 9 heteroatoms. The molecule has 162 valence electrons. The highest BCUT2D eigenvalue weighted by Crippen LogP contribution is 2.28. The van der Waals surface area contributed by atoms with Crippen molar-refractivity contribution < 1.29 is 13.9 Å². The molecule has 7 nitrogen and oxygen atoms in total. The van der Waals surface area contributed by atoms with Crippen LogP contribution in [0.2, 0.25) is 0 Å². The van der Waals surface area contributed by atoms with E-state index < -0.39 is 5.41 Å². The Morgan fingerprint density at radius 3 is 2.65 bits per heavy atom. The summed E-state index contributed by atoms with van der Waals surface area (Å²) in [6.07, 6.45) is 1.49. The summed E-state index contributed by atoms with van der Waals surface area (Å²) in [5, 5.41) is 10.9. The molecule has 0 bridgehead atoms. The Bertz CT molecular complexity index is 1230. The lowest BCUT2D eigenvalue weighted by Crippen LogP contribution is -2.32. The molecule has 1 heterocycles. The van der Waals surface area contributed by atoms with Crippen LogP contribution in [0.4, 0.5) is 4.39 Å². The molecule has 3 aromatic rings. The van der Waals surface area contributed by atoms with Crippen LogP contribution in [-0.4, -0.2) is 28.2 Å². The van der Waals surface area contributed by atoms with Crippen molar-refractivity contribution in [3.05, 3.63) is 80.2 Å².